The molecule has 0 bridgehead atoms. The summed E-state index contributed by atoms with van der Waals surface area (Å²) in [5.41, 5.74) is 7.73. The Morgan fingerprint density at radius 2 is 2.05 bits per heavy atom. The number of hydrogen-bond acceptors (Lipinski definition) is 3. The molecule has 0 atom stereocenters. The zero-order valence-corrected chi connectivity index (χ0v) is 12.8. The first kappa shape index (κ1) is 14.4. The van der Waals surface area contributed by atoms with Crippen LogP contribution in [0, 0.1) is 0 Å². The highest BCUT2D eigenvalue weighted by Gasteiger charge is 2.12. The third kappa shape index (κ3) is 4.23. The largest absolute Gasteiger partial charge is 0.399 e. The summed E-state index contributed by atoms with van der Waals surface area (Å²) in [6.07, 6.45) is 0. The smallest absolute Gasteiger partial charge is 0.0429 e. The van der Waals surface area contributed by atoms with Crippen molar-refractivity contribution in [2.45, 2.75) is 33.0 Å². The normalized spacial score (nSPS) is 11.4. The van der Waals surface area contributed by atoms with E-state index in [-0.39, 0.29) is 0 Å². The second kappa shape index (κ2) is 6.42. The van der Waals surface area contributed by atoms with Crippen molar-refractivity contribution in [1.29, 1.82) is 0 Å². The highest BCUT2D eigenvalue weighted by atomic mass is 35.5. The number of nitrogen functional groups attached to an aromatic ring is 1. The summed E-state index contributed by atoms with van der Waals surface area (Å²) < 4.78 is 0. The minimum atomic E-state index is 0.474. The number of rotatable bonds is 5. The molecule has 1 aromatic carbocycles. The van der Waals surface area contributed by atoms with Gasteiger partial charge in [-0.05, 0) is 49.1 Å². The van der Waals surface area contributed by atoms with E-state index in [1.54, 1.807) is 17.4 Å². The first-order chi connectivity index (χ1) is 9.04. The third-order valence-electron chi connectivity index (χ3n) is 3.03. The number of anilines is 1. The van der Waals surface area contributed by atoms with E-state index in [0.717, 1.165) is 24.3 Å². The van der Waals surface area contributed by atoms with E-state index in [9.17, 15) is 0 Å². The van der Waals surface area contributed by atoms with Crippen LogP contribution in [0.2, 0.25) is 5.02 Å². The predicted octanol–water partition coefficient (Wildman–Crippen LogP) is 4.39. The summed E-state index contributed by atoms with van der Waals surface area (Å²) in [5, 5.41) is 2.82. The van der Waals surface area contributed by atoms with Crippen molar-refractivity contribution in [2.75, 3.05) is 5.73 Å². The predicted molar refractivity (Wildman–Crippen MR) is 84.6 cm³/mol. The second-order valence-corrected chi connectivity index (χ2v) is 6.44. The maximum absolute atomic E-state index is 6.06. The van der Waals surface area contributed by atoms with Crippen LogP contribution in [0.4, 0.5) is 5.69 Å². The lowest BCUT2D eigenvalue weighted by atomic mass is 10.1. The fraction of sp³-hybridized carbons (Fsp3) is 0.333. The van der Waals surface area contributed by atoms with Crippen molar-refractivity contribution in [1.82, 2.24) is 4.90 Å². The van der Waals surface area contributed by atoms with Crippen LogP contribution in [0.1, 0.15) is 24.3 Å². The molecule has 2 aromatic rings. The van der Waals surface area contributed by atoms with Crippen LogP contribution in [-0.4, -0.2) is 10.9 Å². The monoisotopic (exact) mass is 294 g/mol. The summed E-state index contributed by atoms with van der Waals surface area (Å²) >= 11 is 7.85. The Morgan fingerprint density at radius 3 is 2.63 bits per heavy atom. The van der Waals surface area contributed by atoms with Crippen molar-refractivity contribution in [3.63, 3.8) is 0 Å². The molecule has 1 aromatic heterocycles. The lowest BCUT2D eigenvalue weighted by molar-refractivity contribution is 0.205. The molecule has 0 saturated carbocycles. The van der Waals surface area contributed by atoms with Gasteiger partial charge in [0.25, 0.3) is 0 Å². The Labute approximate surface area is 123 Å². The molecular weight excluding hydrogens is 276 g/mol. The standard InChI is InChI=1S/C15H19ClN2S/c1-11(2)18(10-15-4-3-5-19-15)9-12-6-13(16)8-14(17)7-12/h3-8,11H,9-10,17H2,1-2H3. The Balaban J connectivity index is 2.12. The molecule has 2 rings (SSSR count). The van der Waals surface area contributed by atoms with Crippen LogP contribution in [0.15, 0.2) is 35.7 Å². The molecule has 4 heteroatoms. The molecule has 2 nitrogen and oxygen atoms in total. The van der Waals surface area contributed by atoms with Gasteiger partial charge in [-0.2, -0.15) is 0 Å². The van der Waals surface area contributed by atoms with Crippen LogP contribution >= 0.6 is 22.9 Å². The Bertz CT molecular complexity index is 503. The average molecular weight is 295 g/mol. The lowest BCUT2D eigenvalue weighted by Gasteiger charge is -2.26. The average Bonchev–Trinajstić information content (AvgIpc) is 2.79. The van der Waals surface area contributed by atoms with E-state index < -0.39 is 0 Å². The highest BCUT2D eigenvalue weighted by Crippen LogP contribution is 2.21. The maximum Gasteiger partial charge on any atom is 0.0429 e. The van der Waals surface area contributed by atoms with Gasteiger partial charge in [0.1, 0.15) is 0 Å². The van der Waals surface area contributed by atoms with Gasteiger partial charge >= 0.3 is 0 Å². The highest BCUT2D eigenvalue weighted by molar-refractivity contribution is 7.09. The van der Waals surface area contributed by atoms with Gasteiger partial charge in [-0.3, -0.25) is 4.90 Å². The SMILES string of the molecule is CC(C)N(Cc1cc(N)cc(Cl)c1)Cc1cccs1. The van der Waals surface area contributed by atoms with Gasteiger partial charge < -0.3 is 5.73 Å². The Morgan fingerprint density at radius 1 is 1.26 bits per heavy atom. The van der Waals surface area contributed by atoms with Crippen molar-refractivity contribution < 1.29 is 0 Å². The van der Waals surface area contributed by atoms with E-state index in [0.29, 0.717) is 11.1 Å². The molecule has 0 spiro atoms. The molecule has 0 saturated heterocycles. The van der Waals surface area contributed by atoms with Crippen molar-refractivity contribution in [2.24, 2.45) is 0 Å². The quantitative estimate of drug-likeness (QED) is 0.829. The minimum Gasteiger partial charge on any atom is -0.399 e. The zero-order chi connectivity index (χ0) is 13.8. The second-order valence-electron chi connectivity index (χ2n) is 4.97. The molecule has 0 fully saturated rings. The van der Waals surface area contributed by atoms with Gasteiger partial charge in [0.2, 0.25) is 0 Å². The molecular formula is C15H19ClN2S. The third-order valence-corrected chi connectivity index (χ3v) is 4.11. The van der Waals surface area contributed by atoms with Gasteiger partial charge in [-0.15, -0.1) is 11.3 Å². The fourth-order valence-corrected chi connectivity index (χ4v) is 3.02. The van der Waals surface area contributed by atoms with Crippen LogP contribution in [-0.2, 0) is 13.1 Å². The fourth-order valence-electron chi connectivity index (χ4n) is 2.02. The van der Waals surface area contributed by atoms with E-state index in [1.165, 1.54) is 4.88 Å². The summed E-state index contributed by atoms with van der Waals surface area (Å²) in [4.78, 5) is 3.79. The van der Waals surface area contributed by atoms with Gasteiger partial charge in [-0.1, -0.05) is 17.7 Å². The molecule has 0 amide bonds. The molecule has 0 aliphatic rings. The molecule has 0 unspecified atom stereocenters. The zero-order valence-electron chi connectivity index (χ0n) is 11.3. The van der Waals surface area contributed by atoms with Crippen molar-refractivity contribution in [3.8, 4) is 0 Å². The van der Waals surface area contributed by atoms with Crippen LogP contribution in [0.25, 0.3) is 0 Å². The van der Waals surface area contributed by atoms with Gasteiger partial charge in [-0.25, -0.2) is 0 Å². The summed E-state index contributed by atoms with van der Waals surface area (Å²) in [5.74, 6) is 0. The molecule has 0 aliphatic carbocycles. The molecule has 1 heterocycles. The molecule has 19 heavy (non-hydrogen) atoms. The van der Waals surface area contributed by atoms with E-state index in [1.807, 2.05) is 12.1 Å². The van der Waals surface area contributed by atoms with Crippen LogP contribution in [0.3, 0.4) is 0 Å². The molecule has 2 N–H and O–H groups in total. The number of nitrogens with two attached hydrogens (primary N) is 1. The van der Waals surface area contributed by atoms with Gasteiger partial charge in [0, 0.05) is 34.7 Å². The molecule has 102 valence electrons. The molecule has 0 aliphatic heterocycles. The number of nitrogens with zero attached hydrogens (tertiary/aromatic N) is 1. The summed E-state index contributed by atoms with van der Waals surface area (Å²) in [7, 11) is 0. The van der Waals surface area contributed by atoms with E-state index in [2.05, 4.69) is 36.3 Å². The lowest BCUT2D eigenvalue weighted by Crippen LogP contribution is -2.29. The van der Waals surface area contributed by atoms with Crippen molar-refractivity contribution in [3.05, 3.63) is 51.2 Å². The number of thiophene rings is 1. The summed E-state index contributed by atoms with van der Waals surface area (Å²) in [6, 6.07) is 10.5. The minimum absolute atomic E-state index is 0.474. The van der Waals surface area contributed by atoms with Crippen LogP contribution < -0.4 is 5.73 Å². The Kier molecular flexibility index (Phi) is 4.86. The van der Waals surface area contributed by atoms with E-state index >= 15 is 0 Å². The maximum atomic E-state index is 6.06. The number of hydrogen-bond donors (Lipinski definition) is 1. The van der Waals surface area contributed by atoms with Crippen LogP contribution in [0.5, 0.6) is 0 Å². The van der Waals surface area contributed by atoms with Gasteiger partial charge in [0.15, 0.2) is 0 Å². The van der Waals surface area contributed by atoms with Gasteiger partial charge in [0.05, 0.1) is 0 Å². The topological polar surface area (TPSA) is 29.3 Å². The van der Waals surface area contributed by atoms with Crippen molar-refractivity contribution >= 4 is 28.6 Å². The Hall–Kier alpha value is -1.03. The number of halogens is 1. The summed E-state index contributed by atoms with van der Waals surface area (Å²) in [6.45, 7) is 6.24. The first-order valence-electron chi connectivity index (χ1n) is 6.36. The number of benzene rings is 1. The van der Waals surface area contributed by atoms with E-state index in [4.69, 9.17) is 17.3 Å². The first-order valence-corrected chi connectivity index (χ1v) is 7.61. The molecule has 0 radical (unpaired) electrons.